The number of carbonyl (C=O) groups is 2. The zero-order valence-electron chi connectivity index (χ0n) is 14.5. The van der Waals surface area contributed by atoms with E-state index in [2.05, 4.69) is 15.2 Å². The van der Waals surface area contributed by atoms with Gasteiger partial charge in [-0.05, 0) is 32.9 Å². The second-order valence-corrected chi connectivity index (χ2v) is 7.35. The van der Waals surface area contributed by atoms with Crippen LogP contribution in [0.2, 0.25) is 0 Å². The molecule has 0 saturated heterocycles. The summed E-state index contributed by atoms with van der Waals surface area (Å²) >= 11 is 0. The number of rotatable bonds is 7. The van der Waals surface area contributed by atoms with Crippen LogP contribution in [0.4, 0.5) is 5.82 Å². The van der Waals surface area contributed by atoms with Crippen LogP contribution in [-0.2, 0) is 24.3 Å². The summed E-state index contributed by atoms with van der Waals surface area (Å²) in [5.74, 6) is -0.805. The van der Waals surface area contributed by atoms with E-state index in [4.69, 9.17) is 9.26 Å². The van der Waals surface area contributed by atoms with Gasteiger partial charge >= 0.3 is 5.97 Å². The van der Waals surface area contributed by atoms with E-state index in [0.29, 0.717) is 5.76 Å². The fraction of sp³-hybridized carbons (Fsp3) is 0.312. The van der Waals surface area contributed by atoms with Crippen molar-refractivity contribution in [2.45, 2.75) is 31.7 Å². The Morgan fingerprint density at radius 2 is 1.88 bits per heavy atom. The van der Waals surface area contributed by atoms with Crippen LogP contribution in [0.15, 0.2) is 39.8 Å². The third kappa shape index (κ3) is 5.39. The molecule has 0 aliphatic rings. The third-order valence-electron chi connectivity index (χ3n) is 3.26. The molecule has 2 rings (SSSR count). The minimum Gasteiger partial charge on any atom is -0.454 e. The van der Waals surface area contributed by atoms with E-state index in [1.54, 1.807) is 19.1 Å². The van der Waals surface area contributed by atoms with Crippen LogP contribution in [0.1, 0.15) is 18.2 Å². The van der Waals surface area contributed by atoms with Gasteiger partial charge in [0, 0.05) is 6.07 Å². The molecule has 1 heterocycles. The standard InChI is InChI=1S/C16H19N3O6S/c1-10-4-6-13(7-5-10)26(22,23)19-12(3)16(21)24-9-15(20)17-14-8-11(2)25-18-14/h4-8,12,19H,9H2,1-3H3,(H,17,18,20)/t12-/m0/s1. The first-order chi connectivity index (χ1) is 12.2. The largest absolute Gasteiger partial charge is 0.454 e. The number of esters is 1. The topological polar surface area (TPSA) is 128 Å². The Hall–Kier alpha value is -2.72. The highest BCUT2D eigenvalue weighted by atomic mass is 32.2. The summed E-state index contributed by atoms with van der Waals surface area (Å²) in [6.45, 7) is 4.23. The van der Waals surface area contributed by atoms with Gasteiger partial charge in [0.05, 0.1) is 4.90 Å². The molecule has 0 bridgehead atoms. The predicted molar refractivity (Wildman–Crippen MR) is 91.8 cm³/mol. The molecule has 10 heteroatoms. The summed E-state index contributed by atoms with van der Waals surface area (Å²) < 4.78 is 36.2. The van der Waals surface area contributed by atoms with Gasteiger partial charge < -0.3 is 14.6 Å². The van der Waals surface area contributed by atoms with Crippen molar-refractivity contribution in [2.24, 2.45) is 0 Å². The Morgan fingerprint density at radius 1 is 1.23 bits per heavy atom. The van der Waals surface area contributed by atoms with E-state index >= 15 is 0 Å². The number of ether oxygens (including phenoxy) is 1. The first-order valence-electron chi connectivity index (χ1n) is 7.66. The van der Waals surface area contributed by atoms with Crippen LogP contribution >= 0.6 is 0 Å². The molecule has 140 valence electrons. The fourth-order valence-corrected chi connectivity index (χ4v) is 3.12. The van der Waals surface area contributed by atoms with Crippen LogP contribution in [-0.4, -0.2) is 38.1 Å². The molecule has 1 aromatic carbocycles. The van der Waals surface area contributed by atoms with Gasteiger partial charge in [-0.25, -0.2) is 8.42 Å². The maximum Gasteiger partial charge on any atom is 0.324 e. The number of carbonyl (C=O) groups excluding carboxylic acids is 2. The summed E-state index contributed by atoms with van der Waals surface area (Å²) in [4.78, 5) is 23.6. The highest BCUT2D eigenvalue weighted by molar-refractivity contribution is 7.89. The molecule has 1 aromatic heterocycles. The zero-order valence-corrected chi connectivity index (χ0v) is 15.3. The normalized spacial score (nSPS) is 12.4. The summed E-state index contributed by atoms with van der Waals surface area (Å²) in [6, 6.07) is 6.49. The van der Waals surface area contributed by atoms with Crippen molar-refractivity contribution in [3.8, 4) is 0 Å². The molecule has 0 spiro atoms. The van der Waals surface area contributed by atoms with E-state index in [9.17, 15) is 18.0 Å². The summed E-state index contributed by atoms with van der Waals surface area (Å²) in [6.07, 6.45) is 0. The fourth-order valence-electron chi connectivity index (χ4n) is 1.93. The molecule has 0 unspecified atom stereocenters. The van der Waals surface area contributed by atoms with E-state index in [-0.39, 0.29) is 10.7 Å². The van der Waals surface area contributed by atoms with Crippen molar-refractivity contribution >= 4 is 27.7 Å². The number of nitrogens with zero attached hydrogens (tertiary/aromatic N) is 1. The summed E-state index contributed by atoms with van der Waals surface area (Å²) in [5, 5.41) is 5.94. The Labute approximate surface area is 150 Å². The molecule has 0 saturated carbocycles. The molecule has 0 aliphatic heterocycles. The van der Waals surface area contributed by atoms with Crippen molar-refractivity contribution in [3.63, 3.8) is 0 Å². The lowest BCUT2D eigenvalue weighted by Crippen LogP contribution is -2.40. The second-order valence-electron chi connectivity index (χ2n) is 5.63. The molecule has 1 amide bonds. The summed E-state index contributed by atoms with van der Waals surface area (Å²) in [7, 11) is -3.88. The maximum atomic E-state index is 12.2. The van der Waals surface area contributed by atoms with Crippen LogP contribution in [0.5, 0.6) is 0 Å². The van der Waals surface area contributed by atoms with Gasteiger partial charge in [-0.15, -0.1) is 0 Å². The van der Waals surface area contributed by atoms with Gasteiger partial charge in [0.2, 0.25) is 10.0 Å². The Bertz CT molecular complexity index is 889. The smallest absolute Gasteiger partial charge is 0.324 e. The lowest BCUT2D eigenvalue weighted by Gasteiger charge is -2.13. The first-order valence-corrected chi connectivity index (χ1v) is 9.14. The molecule has 2 aromatic rings. The lowest BCUT2D eigenvalue weighted by atomic mass is 10.2. The van der Waals surface area contributed by atoms with Crippen molar-refractivity contribution in [1.82, 2.24) is 9.88 Å². The number of sulfonamides is 1. The molecule has 1 atom stereocenters. The van der Waals surface area contributed by atoms with Crippen molar-refractivity contribution in [1.29, 1.82) is 0 Å². The lowest BCUT2D eigenvalue weighted by molar-refractivity contribution is -0.148. The molecule has 26 heavy (non-hydrogen) atoms. The number of hydrogen-bond donors (Lipinski definition) is 2. The highest BCUT2D eigenvalue weighted by Gasteiger charge is 2.23. The van der Waals surface area contributed by atoms with Gasteiger partial charge in [0.15, 0.2) is 12.4 Å². The van der Waals surface area contributed by atoms with Gasteiger partial charge in [-0.1, -0.05) is 22.9 Å². The van der Waals surface area contributed by atoms with Crippen LogP contribution in [0, 0.1) is 13.8 Å². The van der Waals surface area contributed by atoms with Gasteiger partial charge in [0.1, 0.15) is 11.8 Å². The number of aryl methyl sites for hydroxylation is 2. The quantitative estimate of drug-likeness (QED) is 0.688. The van der Waals surface area contributed by atoms with Crippen molar-refractivity contribution < 1.29 is 27.3 Å². The SMILES string of the molecule is Cc1ccc(S(=O)(=O)N[C@@H](C)C(=O)OCC(=O)Nc2cc(C)on2)cc1. The minimum atomic E-state index is -3.88. The predicted octanol–water partition coefficient (Wildman–Crippen LogP) is 1.14. The van der Waals surface area contributed by atoms with E-state index < -0.39 is 34.5 Å². The highest BCUT2D eigenvalue weighted by Crippen LogP contribution is 2.11. The molecular formula is C16H19N3O6S. The maximum absolute atomic E-state index is 12.2. The summed E-state index contributed by atoms with van der Waals surface area (Å²) in [5.41, 5.74) is 0.907. The average Bonchev–Trinajstić information content (AvgIpc) is 2.97. The van der Waals surface area contributed by atoms with Crippen molar-refractivity contribution in [3.05, 3.63) is 41.7 Å². The monoisotopic (exact) mass is 381 g/mol. The molecular weight excluding hydrogens is 362 g/mol. The Kier molecular flexibility index (Phi) is 6.11. The number of nitrogens with one attached hydrogen (secondary N) is 2. The number of benzene rings is 1. The van der Waals surface area contributed by atoms with Crippen molar-refractivity contribution in [2.75, 3.05) is 11.9 Å². The van der Waals surface area contributed by atoms with Gasteiger partial charge in [0.25, 0.3) is 5.91 Å². The third-order valence-corrected chi connectivity index (χ3v) is 4.81. The molecule has 2 N–H and O–H groups in total. The Balaban J connectivity index is 1.86. The number of anilines is 1. The minimum absolute atomic E-state index is 0.0295. The molecule has 9 nitrogen and oxygen atoms in total. The van der Waals surface area contributed by atoms with Crippen LogP contribution < -0.4 is 10.0 Å². The van der Waals surface area contributed by atoms with E-state index in [0.717, 1.165) is 5.56 Å². The molecule has 0 aliphatic carbocycles. The second kappa shape index (κ2) is 8.11. The Morgan fingerprint density at radius 3 is 2.46 bits per heavy atom. The molecule has 0 radical (unpaired) electrons. The average molecular weight is 381 g/mol. The number of hydrogen-bond acceptors (Lipinski definition) is 7. The first kappa shape index (κ1) is 19.6. The van der Waals surface area contributed by atoms with Gasteiger partial charge in [-0.2, -0.15) is 4.72 Å². The molecule has 0 fully saturated rings. The van der Waals surface area contributed by atoms with E-state index in [1.807, 2.05) is 6.92 Å². The van der Waals surface area contributed by atoms with E-state index in [1.165, 1.54) is 25.1 Å². The van der Waals surface area contributed by atoms with Crippen LogP contribution in [0.3, 0.4) is 0 Å². The van der Waals surface area contributed by atoms with Crippen LogP contribution in [0.25, 0.3) is 0 Å². The van der Waals surface area contributed by atoms with Gasteiger partial charge in [-0.3, -0.25) is 9.59 Å². The number of aromatic nitrogens is 1. The zero-order chi connectivity index (χ0) is 19.3. The number of amides is 1.